The van der Waals surface area contributed by atoms with Gasteiger partial charge < -0.3 is 9.15 Å². The minimum absolute atomic E-state index is 0.171. The summed E-state index contributed by atoms with van der Waals surface area (Å²) >= 11 is 0. The molecule has 0 bridgehead atoms. The third-order valence-corrected chi connectivity index (χ3v) is 3.68. The van der Waals surface area contributed by atoms with Gasteiger partial charge >= 0.3 is 0 Å². The lowest BCUT2D eigenvalue weighted by Gasteiger charge is -2.05. The number of rotatable bonds is 5. The first-order valence-electron chi connectivity index (χ1n) is 7.68. The van der Waals surface area contributed by atoms with Gasteiger partial charge in [0.1, 0.15) is 17.8 Å². The Morgan fingerprint density at radius 1 is 1.15 bits per heavy atom. The van der Waals surface area contributed by atoms with E-state index in [0.717, 1.165) is 0 Å². The molecule has 0 fully saturated rings. The van der Waals surface area contributed by atoms with E-state index in [1.54, 1.807) is 22.9 Å². The zero-order chi connectivity index (χ0) is 17.9. The van der Waals surface area contributed by atoms with E-state index in [-0.39, 0.29) is 12.4 Å². The average Bonchev–Trinajstić information content (AvgIpc) is 3.33. The molecule has 0 aliphatic carbocycles. The van der Waals surface area contributed by atoms with Crippen LogP contribution in [0.5, 0.6) is 5.88 Å². The van der Waals surface area contributed by atoms with Crippen molar-refractivity contribution in [1.82, 2.24) is 29.7 Å². The van der Waals surface area contributed by atoms with Gasteiger partial charge in [-0.1, -0.05) is 18.2 Å². The van der Waals surface area contributed by atoms with E-state index in [9.17, 15) is 4.39 Å². The maximum Gasteiger partial charge on any atom is 0.243 e. The number of hydrogen-bond donors (Lipinski definition) is 0. The van der Waals surface area contributed by atoms with Crippen LogP contribution < -0.4 is 4.74 Å². The molecular formula is C17H13FN6O2. The summed E-state index contributed by atoms with van der Waals surface area (Å²) in [6.07, 6.45) is 5.77. The molecule has 8 nitrogen and oxygen atoms in total. The maximum atomic E-state index is 14.1. The fourth-order valence-corrected chi connectivity index (χ4v) is 2.48. The van der Waals surface area contributed by atoms with Crippen LogP contribution in [0.15, 0.2) is 53.7 Å². The van der Waals surface area contributed by atoms with Crippen molar-refractivity contribution in [3.8, 4) is 28.9 Å². The molecule has 130 valence electrons. The van der Waals surface area contributed by atoms with Crippen molar-refractivity contribution >= 4 is 0 Å². The molecule has 0 radical (unpaired) electrons. The highest BCUT2D eigenvalue weighted by Gasteiger charge is 2.20. The molecule has 26 heavy (non-hydrogen) atoms. The molecule has 0 saturated carbocycles. The molecule has 3 aromatic heterocycles. The standard InChI is InChI=1S/C17H13FN6O2/c1-25-17-14(19-6-7-20-17)15-22-16(13-9-26-10-21-13)24(23-15)8-11-4-2-3-5-12(11)18/h2-7,9-10H,8H2,1H3. The van der Waals surface area contributed by atoms with E-state index in [0.29, 0.717) is 34.5 Å². The van der Waals surface area contributed by atoms with Crippen molar-refractivity contribution in [3.63, 3.8) is 0 Å². The van der Waals surface area contributed by atoms with Crippen LogP contribution in [0, 0.1) is 5.82 Å². The van der Waals surface area contributed by atoms with Crippen molar-refractivity contribution in [2.45, 2.75) is 6.54 Å². The van der Waals surface area contributed by atoms with Crippen LogP contribution in [0.3, 0.4) is 0 Å². The highest BCUT2D eigenvalue weighted by molar-refractivity contribution is 5.59. The van der Waals surface area contributed by atoms with Gasteiger partial charge in [-0.3, -0.25) is 0 Å². The van der Waals surface area contributed by atoms with Gasteiger partial charge in [0, 0.05) is 18.0 Å². The molecule has 0 aliphatic rings. The summed E-state index contributed by atoms with van der Waals surface area (Å²) in [6, 6.07) is 6.48. The van der Waals surface area contributed by atoms with E-state index < -0.39 is 0 Å². The highest BCUT2D eigenvalue weighted by Crippen LogP contribution is 2.26. The molecule has 3 heterocycles. The molecule has 0 aliphatic heterocycles. The minimum atomic E-state index is -0.326. The van der Waals surface area contributed by atoms with Crippen molar-refractivity contribution in [2.75, 3.05) is 7.11 Å². The Labute approximate surface area is 147 Å². The number of oxazole rings is 1. The van der Waals surface area contributed by atoms with E-state index in [4.69, 9.17) is 9.15 Å². The quantitative estimate of drug-likeness (QED) is 0.545. The van der Waals surface area contributed by atoms with E-state index in [1.165, 1.54) is 38.2 Å². The van der Waals surface area contributed by atoms with Gasteiger partial charge in [0.15, 0.2) is 17.9 Å². The van der Waals surface area contributed by atoms with E-state index in [1.807, 2.05) is 0 Å². The zero-order valence-electron chi connectivity index (χ0n) is 13.7. The summed E-state index contributed by atoms with van der Waals surface area (Å²) in [6.45, 7) is 0.171. The van der Waals surface area contributed by atoms with Gasteiger partial charge in [-0.15, -0.1) is 5.10 Å². The Morgan fingerprint density at radius 2 is 2.00 bits per heavy atom. The topological polar surface area (TPSA) is 91.8 Å². The van der Waals surface area contributed by atoms with Crippen LogP contribution in [0.25, 0.3) is 23.0 Å². The SMILES string of the molecule is COc1nccnc1-c1nc(-c2cocn2)n(Cc2ccccc2F)n1. The fourth-order valence-electron chi connectivity index (χ4n) is 2.48. The van der Waals surface area contributed by atoms with Gasteiger partial charge in [-0.25, -0.2) is 29.0 Å². The van der Waals surface area contributed by atoms with Crippen LogP contribution in [0.2, 0.25) is 0 Å². The normalized spacial score (nSPS) is 10.8. The molecule has 0 amide bonds. The molecule has 0 atom stereocenters. The van der Waals surface area contributed by atoms with Crippen molar-refractivity contribution in [3.05, 3.63) is 60.7 Å². The van der Waals surface area contributed by atoms with Crippen molar-refractivity contribution in [2.24, 2.45) is 0 Å². The number of halogens is 1. The van der Waals surface area contributed by atoms with Gasteiger partial charge in [0.25, 0.3) is 0 Å². The first kappa shape index (κ1) is 15.9. The van der Waals surface area contributed by atoms with Crippen molar-refractivity contribution < 1.29 is 13.5 Å². The molecular weight excluding hydrogens is 339 g/mol. The van der Waals surface area contributed by atoms with Crippen molar-refractivity contribution in [1.29, 1.82) is 0 Å². The second kappa shape index (κ2) is 6.71. The van der Waals surface area contributed by atoms with Gasteiger partial charge in [0.05, 0.1) is 13.7 Å². The maximum absolute atomic E-state index is 14.1. The number of nitrogens with zero attached hydrogens (tertiary/aromatic N) is 6. The summed E-state index contributed by atoms with van der Waals surface area (Å²) in [5.41, 5.74) is 1.33. The molecule has 0 saturated heterocycles. The van der Waals surface area contributed by atoms with E-state index in [2.05, 4.69) is 25.0 Å². The Bertz CT molecular complexity index is 1030. The lowest BCUT2D eigenvalue weighted by Crippen LogP contribution is -2.06. The summed E-state index contributed by atoms with van der Waals surface area (Å²) in [7, 11) is 1.49. The van der Waals surface area contributed by atoms with Gasteiger partial charge in [-0.05, 0) is 6.07 Å². The molecule has 4 aromatic rings. The number of methoxy groups -OCH3 is 1. The number of ether oxygens (including phenoxy) is 1. The summed E-state index contributed by atoms with van der Waals surface area (Å²) in [5.74, 6) is 0.684. The Hall–Kier alpha value is -3.62. The summed E-state index contributed by atoms with van der Waals surface area (Å²) in [4.78, 5) is 16.9. The Morgan fingerprint density at radius 3 is 2.77 bits per heavy atom. The molecule has 0 unspecified atom stereocenters. The second-order valence-corrected chi connectivity index (χ2v) is 5.30. The minimum Gasteiger partial charge on any atom is -0.479 e. The Balaban J connectivity index is 1.82. The van der Waals surface area contributed by atoms with E-state index >= 15 is 0 Å². The molecule has 9 heteroatoms. The fraction of sp³-hybridized carbons (Fsp3) is 0.118. The lowest BCUT2D eigenvalue weighted by atomic mass is 10.2. The average molecular weight is 352 g/mol. The first-order valence-corrected chi connectivity index (χ1v) is 7.68. The smallest absolute Gasteiger partial charge is 0.243 e. The number of benzene rings is 1. The zero-order valence-corrected chi connectivity index (χ0v) is 13.7. The van der Waals surface area contributed by atoms with Crippen LogP contribution in [-0.4, -0.2) is 36.8 Å². The van der Waals surface area contributed by atoms with Crippen LogP contribution in [0.1, 0.15) is 5.56 Å². The third-order valence-electron chi connectivity index (χ3n) is 3.68. The molecule has 0 N–H and O–H groups in total. The predicted molar refractivity (Wildman–Crippen MR) is 88.6 cm³/mol. The lowest BCUT2D eigenvalue weighted by molar-refractivity contribution is 0.397. The van der Waals surface area contributed by atoms with Crippen LogP contribution in [-0.2, 0) is 6.54 Å². The van der Waals surface area contributed by atoms with Gasteiger partial charge in [-0.2, -0.15) is 0 Å². The number of hydrogen-bond acceptors (Lipinski definition) is 7. The largest absolute Gasteiger partial charge is 0.479 e. The molecule has 0 spiro atoms. The van der Waals surface area contributed by atoms with Crippen LogP contribution in [0.4, 0.5) is 4.39 Å². The first-order chi connectivity index (χ1) is 12.8. The third kappa shape index (κ3) is 2.90. The van der Waals surface area contributed by atoms with Gasteiger partial charge in [0.2, 0.25) is 11.7 Å². The summed E-state index contributed by atoms with van der Waals surface area (Å²) in [5, 5.41) is 4.46. The molecule has 1 aromatic carbocycles. The van der Waals surface area contributed by atoms with Crippen LogP contribution >= 0.6 is 0 Å². The second-order valence-electron chi connectivity index (χ2n) is 5.30. The summed E-state index contributed by atoms with van der Waals surface area (Å²) < 4.78 is 25.9. The predicted octanol–water partition coefficient (Wildman–Crippen LogP) is 2.59. The number of aromatic nitrogens is 6. The Kier molecular flexibility index (Phi) is 4.10. The molecule has 4 rings (SSSR count). The monoisotopic (exact) mass is 352 g/mol. The highest BCUT2D eigenvalue weighted by atomic mass is 19.1.